The number of nitrogens with two attached hydrogens (primary N) is 1. The van der Waals surface area contributed by atoms with Crippen LogP contribution in [0.5, 0.6) is 0 Å². The maximum absolute atomic E-state index is 12.6. The minimum Gasteiger partial charge on any atom is -0.375 e. The number of carbonyl (C=O) groups excluding carboxylic acids is 2. The smallest absolute Gasteiger partial charge is 0.273 e. The molecular weight excluding hydrogens is 288 g/mol. The number of nitrogen functional groups attached to an aromatic ring is 1. The third-order valence-corrected chi connectivity index (χ3v) is 5.15. The molecular formula is C14H20N4O2S. The van der Waals surface area contributed by atoms with Crippen LogP contribution in [0.1, 0.15) is 36.7 Å². The number of carbonyl (C=O) groups is 2. The van der Waals surface area contributed by atoms with Crippen LogP contribution in [0.2, 0.25) is 0 Å². The summed E-state index contributed by atoms with van der Waals surface area (Å²) < 4.78 is 0. The Kier molecular flexibility index (Phi) is 3.61. The van der Waals surface area contributed by atoms with E-state index in [0.29, 0.717) is 23.9 Å². The van der Waals surface area contributed by atoms with Gasteiger partial charge in [0.05, 0.1) is 5.41 Å². The van der Waals surface area contributed by atoms with Crippen LogP contribution in [-0.4, -0.2) is 52.8 Å². The van der Waals surface area contributed by atoms with Gasteiger partial charge in [-0.2, -0.15) is 0 Å². The molecule has 0 saturated carbocycles. The Morgan fingerprint density at radius 2 is 2.24 bits per heavy atom. The number of aromatic nitrogens is 1. The second kappa shape index (κ2) is 5.29. The molecule has 1 atom stereocenters. The van der Waals surface area contributed by atoms with Crippen LogP contribution in [0.15, 0.2) is 5.38 Å². The van der Waals surface area contributed by atoms with Gasteiger partial charge in [0.1, 0.15) is 5.69 Å². The Morgan fingerprint density at radius 1 is 1.48 bits per heavy atom. The first kappa shape index (κ1) is 14.3. The molecule has 2 N–H and O–H groups in total. The Labute approximate surface area is 127 Å². The summed E-state index contributed by atoms with van der Waals surface area (Å²) in [5.74, 6) is 0.110. The van der Waals surface area contributed by atoms with Crippen LogP contribution in [0.4, 0.5) is 5.13 Å². The zero-order chi connectivity index (χ0) is 15.0. The van der Waals surface area contributed by atoms with Gasteiger partial charge in [-0.3, -0.25) is 9.59 Å². The summed E-state index contributed by atoms with van der Waals surface area (Å²) in [4.78, 5) is 32.7. The summed E-state index contributed by atoms with van der Waals surface area (Å²) in [5, 5.41) is 2.08. The van der Waals surface area contributed by atoms with Gasteiger partial charge in [-0.15, -0.1) is 11.3 Å². The van der Waals surface area contributed by atoms with Crippen molar-refractivity contribution < 1.29 is 9.59 Å². The highest BCUT2D eigenvalue weighted by molar-refractivity contribution is 7.13. The van der Waals surface area contributed by atoms with Crippen LogP contribution in [0, 0.1) is 5.41 Å². The molecule has 1 aromatic rings. The van der Waals surface area contributed by atoms with Crippen molar-refractivity contribution in [2.24, 2.45) is 5.41 Å². The van der Waals surface area contributed by atoms with E-state index in [1.165, 1.54) is 11.3 Å². The number of rotatable bonds is 3. The van der Waals surface area contributed by atoms with Crippen LogP contribution in [-0.2, 0) is 4.79 Å². The van der Waals surface area contributed by atoms with Gasteiger partial charge in [-0.1, -0.05) is 6.92 Å². The number of hydrogen-bond acceptors (Lipinski definition) is 5. The molecule has 114 valence electrons. The highest BCUT2D eigenvalue weighted by atomic mass is 32.1. The lowest BCUT2D eigenvalue weighted by atomic mass is 9.85. The van der Waals surface area contributed by atoms with E-state index in [1.54, 1.807) is 10.3 Å². The molecule has 3 rings (SSSR count). The number of anilines is 1. The van der Waals surface area contributed by atoms with Gasteiger partial charge in [0.15, 0.2) is 5.13 Å². The third kappa shape index (κ3) is 2.39. The molecule has 2 aliphatic rings. The van der Waals surface area contributed by atoms with Gasteiger partial charge >= 0.3 is 0 Å². The first-order valence-electron chi connectivity index (χ1n) is 7.35. The van der Waals surface area contributed by atoms with E-state index in [4.69, 9.17) is 5.73 Å². The quantitative estimate of drug-likeness (QED) is 0.910. The molecule has 3 heterocycles. The molecule has 0 aromatic carbocycles. The van der Waals surface area contributed by atoms with E-state index in [0.717, 1.165) is 32.4 Å². The van der Waals surface area contributed by atoms with Crippen molar-refractivity contribution in [1.82, 2.24) is 14.8 Å². The molecule has 6 nitrogen and oxygen atoms in total. The number of amides is 2. The molecule has 1 spiro atoms. The lowest BCUT2D eigenvalue weighted by Gasteiger charge is -2.23. The molecule has 2 aliphatic heterocycles. The molecule has 1 aromatic heterocycles. The summed E-state index contributed by atoms with van der Waals surface area (Å²) in [6, 6.07) is 0. The van der Waals surface area contributed by atoms with Crippen molar-refractivity contribution in [2.45, 2.75) is 26.2 Å². The second-order valence-electron chi connectivity index (χ2n) is 5.87. The second-order valence-corrected chi connectivity index (χ2v) is 6.76. The summed E-state index contributed by atoms with van der Waals surface area (Å²) in [6.45, 7) is 4.86. The maximum Gasteiger partial charge on any atom is 0.273 e. The fraction of sp³-hybridized carbons (Fsp3) is 0.643. The van der Waals surface area contributed by atoms with Crippen LogP contribution < -0.4 is 5.73 Å². The summed E-state index contributed by atoms with van der Waals surface area (Å²) in [6.07, 6.45) is 2.59. The average molecular weight is 308 g/mol. The first-order chi connectivity index (χ1) is 10.1. The Bertz CT molecular complexity index is 573. The minimum absolute atomic E-state index is 0.110. The fourth-order valence-corrected chi connectivity index (χ4v) is 3.89. The summed E-state index contributed by atoms with van der Waals surface area (Å²) in [7, 11) is 0. The SMILES string of the molecule is CCCN1CCC2(CCN(C(=O)c3csc(N)n3)C2)C1=O. The highest BCUT2D eigenvalue weighted by Gasteiger charge is 2.51. The number of hydrogen-bond donors (Lipinski definition) is 1. The molecule has 2 amide bonds. The average Bonchev–Trinajstić information content (AvgIpc) is 3.15. The normalized spacial score (nSPS) is 25.3. The van der Waals surface area contributed by atoms with Gasteiger partial charge in [0.2, 0.25) is 5.91 Å². The highest BCUT2D eigenvalue weighted by Crippen LogP contribution is 2.41. The van der Waals surface area contributed by atoms with Crippen molar-refractivity contribution in [3.63, 3.8) is 0 Å². The van der Waals surface area contributed by atoms with Crippen molar-refractivity contribution in [2.75, 3.05) is 31.9 Å². The van der Waals surface area contributed by atoms with E-state index in [2.05, 4.69) is 11.9 Å². The number of likely N-dealkylation sites (tertiary alicyclic amines) is 2. The van der Waals surface area contributed by atoms with Crippen LogP contribution in [0.3, 0.4) is 0 Å². The van der Waals surface area contributed by atoms with E-state index in [9.17, 15) is 9.59 Å². The van der Waals surface area contributed by atoms with E-state index in [-0.39, 0.29) is 17.2 Å². The first-order valence-corrected chi connectivity index (χ1v) is 8.23. The maximum atomic E-state index is 12.6. The lowest BCUT2D eigenvalue weighted by Crippen LogP contribution is -2.38. The number of nitrogens with zero attached hydrogens (tertiary/aromatic N) is 3. The Hall–Kier alpha value is -1.63. The van der Waals surface area contributed by atoms with E-state index in [1.807, 2.05) is 4.90 Å². The zero-order valence-corrected chi connectivity index (χ0v) is 13.0. The predicted molar refractivity (Wildman–Crippen MR) is 81.0 cm³/mol. The van der Waals surface area contributed by atoms with Gasteiger partial charge in [-0.25, -0.2) is 4.98 Å². The topological polar surface area (TPSA) is 79.5 Å². The van der Waals surface area contributed by atoms with Gasteiger partial charge in [0, 0.05) is 31.6 Å². The van der Waals surface area contributed by atoms with Gasteiger partial charge in [-0.05, 0) is 19.3 Å². The molecule has 2 saturated heterocycles. The Morgan fingerprint density at radius 3 is 2.90 bits per heavy atom. The monoisotopic (exact) mass is 308 g/mol. The zero-order valence-electron chi connectivity index (χ0n) is 12.2. The number of thiazole rings is 1. The molecule has 21 heavy (non-hydrogen) atoms. The van der Waals surface area contributed by atoms with Crippen molar-refractivity contribution in [1.29, 1.82) is 0 Å². The Balaban J connectivity index is 1.71. The predicted octanol–water partition coefficient (Wildman–Crippen LogP) is 1.20. The fourth-order valence-electron chi connectivity index (χ4n) is 3.35. The molecule has 2 fully saturated rings. The van der Waals surface area contributed by atoms with E-state index < -0.39 is 0 Å². The molecule has 0 radical (unpaired) electrons. The molecule has 1 unspecified atom stereocenters. The third-order valence-electron chi connectivity index (χ3n) is 4.48. The minimum atomic E-state index is -0.355. The van der Waals surface area contributed by atoms with Crippen LogP contribution >= 0.6 is 11.3 Å². The lowest BCUT2D eigenvalue weighted by molar-refractivity contribution is -0.135. The van der Waals surface area contributed by atoms with E-state index >= 15 is 0 Å². The van der Waals surface area contributed by atoms with Crippen molar-refractivity contribution in [3.05, 3.63) is 11.1 Å². The molecule has 7 heteroatoms. The summed E-state index contributed by atoms with van der Waals surface area (Å²) in [5.41, 5.74) is 5.62. The van der Waals surface area contributed by atoms with Crippen LogP contribution in [0.25, 0.3) is 0 Å². The van der Waals surface area contributed by atoms with Crippen molar-refractivity contribution >= 4 is 28.3 Å². The van der Waals surface area contributed by atoms with Gasteiger partial charge < -0.3 is 15.5 Å². The summed E-state index contributed by atoms with van der Waals surface area (Å²) >= 11 is 1.27. The molecule has 0 bridgehead atoms. The largest absolute Gasteiger partial charge is 0.375 e. The van der Waals surface area contributed by atoms with Gasteiger partial charge in [0.25, 0.3) is 5.91 Å². The van der Waals surface area contributed by atoms with Crippen molar-refractivity contribution in [3.8, 4) is 0 Å². The molecule has 0 aliphatic carbocycles. The standard InChI is InChI=1S/C14H20N4O2S/c1-2-5-17-6-3-14(12(17)20)4-7-18(9-14)11(19)10-8-21-13(15)16-10/h8H,2-7,9H2,1H3,(H2,15,16).